The van der Waals surface area contributed by atoms with E-state index in [-0.39, 0.29) is 18.1 Å². The first-order chi connectivity index (χ1) is 9.52. The van der Waals surface area contributed by atoms with Gasteiger partial charge in [-0.15, -0.1) is 17.8 Å². The average Bonchev–Trinajstić information content (AvgIpc) is 2.85. The molecule has 2 aromatic heterocycles. The standard InChI is InChI=1S/C13H13BrN4OS/c1-4-5-18-13(19)11(14)10(6-15-18)17-9(3)12-16-8(2)7-20-12/h1,6-7,9,17H,5H2,2-3H3. The summed E-state index contributed by atoms with van der Waals surface area (Å²) < 4.78 is 1.65. The number of aryl methyl sites for hydroxylation is 1. The van der Waals surface area contributed by atoms with Crippen LogP contribution in [0.15, 0.2) is 20.8 Å². The highest BCUT2D eigenvalue weighted by Gasteiger charge is 2.13. The molecule has 2 heterocycles. The van der Waals surface area contributed by atoms with Crippen molar-refractivity contribution in [2.24, 2.45) is 0 Å². The molecule has 0 aliphatic heterocycles. The van der Waals surface area contributed by atoms with E-state index in [4.69, 9.17) is 6.42 Å². The highest BCUT2D eigenvalue weighted by molar-refractivity contribution is 9.10. The fourth-order valence-electron chi connectivity index (χ4n) is 1.63. The lowest BCUT2D eigenvalue weighted by Gasteiger charge is -2.14. The van der Waals surface area contributed by atoms with E-state index in [2.05, 4.69) is 37.2 Å². The van der Waals surface area contributed by atoms with Crippen LogP contribution in [0, 0.1) is 19.3 Å². The van der Waals surface area contributed by atoms with Crippen molar-refractivity contribution in [3.8, 4) is 12.3 Å². The first-order valence-corrected chi connectivity index (χ1v) is 7.58. The lowest BCUT2D eigenvalue weighted by atomic mass is 10.3. The molecule has 1 unspecified atom stereocenters. The van der Waals surface area contributed by atoms with Gasteiger partial charge in [0.1, 0.15) is 16.0 Å². The molecule has 2 rings (SSSR count). The van der Waals surface area contributed by atoms with Crippen LogP contribution in [0.5, 0.6) is 0 Å². The molecule has 5 nitrogen and oxygen atoms in total. The minimum Gasteiger partial charge on any atom is -0.374 e. The maximum Gasteiger partial charge on any atom is 0.284 e. The SMILES string of the molecule is C#CCn1ncc(NC(C)c2nc(C)cs2)c(Br)c1=O. The average molecular weight is 353 g/mol. The Bertz CT molecular complexity index is 716. The predicted molar refractivity (Wildman–Crippen MR) is 83.9 cm³/mol. The molecule has 0 aromatic carbocycles. The first-order valence-electron chi connectivity index (χ1n) is 5.90. The van der Waals surface area contributed by atoms with E-state index in [1.165, 1.54) is 4.68 Å². The highest BCUT2D eigenvalue weighted by Crippen LogP contribution is 2.25. The number of terminal acetylenes is 1. The summed E-state index contributed by atoms with van der Waals surface area (Å²) in [7, 11) is 0. The van der Waals surface area contributed by atoms with Gasteiger partial charge in [0.05, 0.1) is 17.9 Å². The molecule has 0 amide bonds. The Balaban J connectivity index is 2.24. The third-order valence-electron chi connectivity index (χ3n) is 2.61. The van der Waals surface area contributed by atoms with Crippen LogP contribution in [-0.4, -0.2) is 14.8 Å². The molecule has 0 saturated carbocycles. The minimum absolute atomic E-state index is 0.00492. The van der Waals surface area contributed by atoms with Gasteiger partial charge in [-0.3, -0.25) is 4.79 Å². The van der Waals surface area contributed by atoms with Gasteiger partial charge in [0.15, 0.2) is 0 Å². The Labute approximate surface area is 129 Å². The molecule has 1 N–H and O–H groups in total. The summed E-state index contributed by atoms with van der Waals surface area (Å²) in [5, 5.41) is 10.2. The number of thiazole rings is 1. The molecule has 0 spiro atoms. The van der Waals surface area contributed by atoms with Crippen LogP contribution < -0.4 is 10.9 Å². The van der Waals surface area contributed by atoms with Gasteiger partial charge >= 0.3 is 0 Å². The van der Waals surface area contributed by atoms with Crippen LogP contribution >= 0.6 is 27.3 Å². The summed E-state index contributed by atoms with van der Waals surface area (Å²) in [6.45, 7) is 4.09. The van der Waals surface area contributed by atoms with E-state index < -0.39 is 0 Å². The molecule has 0 radical (unpaired) electrons. The quantitative estimate of drug-likeness (QED) is 0.859. The maximum atomic E-state index is 12.0. The summed E-state index contributed by atoms with van der Waals surface area (Å²) in [5.41, 5.74) is 1.36. The summed E-state index contributed by atoms with van der Waals surface area (Å²) in [6.07, 6.45) is 6.77. The van der Waals surface area contributed by atoms with Crippen molar-refractivity contribution in [2.75, 3.05) is 5.32 Å². The number of hydrogen-bond acceptors (Lipinski definition) is 5. The van der Waals surface area contributed by atoms with Gasteiger partial charge in [0.25, 0.3) is 5.56 Å². The van der Waals surface area contributed by atoms with Gasteiger partial charge in [-0.25, -0.2) is 9.67 Å². The lowest BCUT2D eigenvalue weighted by molar-refractivity contribution is 0.658. The van der Waals surface area contributed by atoms with Crippen molar-refractivity contribution in [1.82, 2.24) is 14.8 Å². The van der Waals surface area contributed by atoms with Gasteiger partial charge < -0.3 is 5.32 Å². The molecule has 0 aliphatic carbocycles. The molecule has 0 fully saturated rings. The van der Waals surface area contributed by atoms with Gasteiger partial charge in [-0.1, -0.05) is 5.92 Å². The van der Waals surface area contributed by atoms with Gasteiger partial charge in [-0.05, 0) is 29.8 Å². The highest BCUT2D eigenvalue weighted by atomic mass is 79.9. The van der Waals surface area contributed by atoms with Crippen LogP contribution in [0.4, 0.5) is 5.69 Å². The molecular formula is C13H13BrN4OS. The molecule has 7 heteroatoms. The molecule has 2 aromatic rings. The van der Waals surface area contributed by atoms with E-state index in [0.29, 0.717) is 10.2 Å². The number of nitrogens with zero attached hydrogens (tertiary/aromatic N) is 3. The number of nitrogens with one attached hydrogen (secondary N) is 1. The lowest BCUT2D eigenvalue weighted by Crippen LogP contribution is -2.24. The Morgan fingerprint density at radius 1 is 1.65 bits per heavy atom. The Morgan fingerprint density at radius 3 is 3.00 bits per heavy atom. The van der Waals surface area contributed by atoms with Crippen LogP contribution in [0.3, 0.4) is 0 Å². The van der Waals surface area contributed by atoms with E-state index in [0.717, 1.165) is 10.7 Å². The van der Waals surface area contributed by atoms with Crippen LogP contribution in [0.1, 0.15) is 23.7 Å². The van der Waals surface area contributed by atoms with Crippen molar-refractivity contribution in [3.63, 3.8) is 0 Å². The van der Waals surface area contributed by atoms with Gasteiger partial charge in [0, 0.05) is 11.1 Å². The van der Waals surface area contributed by atoms with E-state index in [1.54, 1.807) is 17.5 Å². The number of anilines is 1. The van der Waals surface area contributed by atoms with Crippen LogP contribution in [0.2, 0.25) is 0 Å². The normalized spacial score (nSPS) is 11.9. The Kier molecular flexibility index (Phi) is 4.57. The van der Waals surface area contributed by atoms with E-state index in [9.17, 15) is 4.79 Å². The zero-order valence-electron chi connectivity index (χ0n) is 11.1. The molecule has 0 aliphatic rings. The van der Waals surface area contributed by atoms with Crippen molar-refractivity contribution < 1.29 is 0 Å². The Morgan fingerprint density at radius 2 is 2.40 bits per heavy atom. The second-order valence-corrected chi connectivity index (χ2v) is 5.91. The molecule has 20 heavy (non-hydrogen) atoms. The monoisotopic (exact) mass is 352 g/mol. The summed E-state index contributed by atoms with van der Waals surface area (Å²) >= 11 is 4.86. The number of rotatable bonds is 4. The second kappa shape index (κ2) is 6.20. The fourth-order valence-corrected chi connectivity index (χ4v) is 2.86. The van der Waals surface area contributed by atoms with Crippen molar-refractivity contribution in [3.05, 3.63) is 37.1 Å². The first kappa shape index (κ1) is 14.8. The third kappa shape index (κ3) is 3.08. The summed E-state index contributed by atoms with van der Waals surface area (Å²) in [5.74, 6) is 2.39. The number of hydrogen-bond donors (Lipinski definition) is 1. The zero-order chi connectivity index (χ0) is 14.7. The second-order valence-electron chi connectivity index (χ2n) is 4.23. The molecule has 0 saturated heterocycles. The largest absolute Gasteiger partial charge is 0.374 e. The topological polar surface area (TPSA) is 59.8 Å². The van der Waals surface area contributed by atoms with Gasteiger partial charge in [0.2, 0.25) is 0 Å². The van der Waals surface area contributed by atoms with Crippen molar-refractivity contribution in [1.29, 1.82) is 0 Å². The molecular weight excluding hydrogens is 340 g/mol. The van der Waals surface area contributed by atoms with Gasteiger partial charge in [-0.2, -0.15) is 5.10 Å². The molecule has 104 valence electrons. The van der Waals surface area contributed by atoms with Crippen LogP contribution in [-0.2, 0) is 6.54 Å². The minimum atomic E-state index is -0.254. The zero-order valence-corrected chi connectivity index (χ0v) is 13.5. The maximum absolute atomic E-state index is 12.0. The molecule has 0 bridgehead atoms. The summed E-state index contributed by atoms with van der Waals surface area (Å²) in [4.78, 5) is 16.4. The summed E-state index contributed by atoms with van der Waals surface area (Å²) in [6, 6.07) is -0.00492. The van der Waals surface area contributed by atoms with E-state index >= 15 is 0 Å². The van der Waals surface area contributed by atoms with E-state index in [1.807, 2.05) is 19.2 Å². The molecule has 1 atom stereocenters. The Hall–Kier alpha value is -1.65. The van der Waals surface area contributed by atoms with Crippen molar-refractivity contribution >= 4 is 33.0 Å². The predicted octanol–water partition coefficient (Wildman–Crippen LogP) is 2.58. The fraction of sp³-hybridized carbons (Fsp3) is 0.308. The number of halogens is 1. The van der Waals surface area contributed by atoms with Crippen LogP contribution in [0.25, 0.3) is 0 Å². The van der Waals surface area contributed by atoms with Crippen molar-refractivity contribution in [2.45, 2.75) is 26.4 Å². The smallest absolute Gasteiger partial charge is 0.284 e. The number of aromatic nitrogens is 3. The third-order valence-corrected chi connectivity index (χ3v) is 4.52.